The van der Waals surface area contributed by atoms with Crippen LogP contribution in [0.1, 0.15) is 6.92 Å². The first-order chi connectivity index (χ1) is 32.7. The lowest BCUT2D eigenvalue weighted by atomic mass is 10.00. The molecule has 2 aliphatic rings. The van der Waals surface area contributed by atoms with Crippen molar-refractivity contribution in [3.05, 3.63) is 285 Å². The van der Waals surface area contributed by atoms with E-state index in [9.17, 15) is 0 Å². The lowest BCUT2D eigenvalue weighted by molar-refractivity contribution is 0.866. The molecule has 0 amide bonds. The van der Waals surface area contributed by atoms with Crippen LogP contribution in [0.5, 0.6) is 0 Å². The summed E-state index contributed by atoms with van der Waals surface area (Å²) in [5.41, 5.74) is 15.0. The third-order valence-electron chi connectivity index (χ3n) is 11.9. The number of nitrogens with zero attached hydrogens (tertiary/aromatic N) is 4. The molecule has 4 heteroatoms. The van der Waals surface area contributed by atoms with Gasteiger partial charge in [-0.1, -0.05) is 164 Å². The maximum absolute atomic E-state index is 3.78. The van der Waals surface area contributed by atoms with E-state index in [2.05, 4.69) is 282 Å². The van der Waals surface area contributed by atoms with E-state index < -0.39 is 0 Å². The van der Waals surface area contributed by atoms with Crippen molar-refractivity contribution in [3.8, 4) is 11.1 Å². The van der Waals surface area contributed by atoms with Gasteiger partial charge in [-0.25, -0.2) is 0 Å². The van der Waals surface area contributed by atoms with Crippen molar-refractivity contribution < 1.29 is 0 Å². The number of rotatable bonds is 16. The molecule has 1 atom stereocenters. The van der Waals surface area contributed by atoms with Gasteiger partial charge in [-0.15, -0.1) is 0 Å². The zero-order valence-corrected chi connectivity index (χ0v) is 37.4. The Labute approximate surface area is 391 Å². The summed E-state index contributed by atoms with van der Waals surface area (Å²) >= 11 is 0. The first-order valence-electron chi connectivity index (χ1n) is 22.7. The Kier molecular flexibility index (Phi) is 13.6. The minimum atomic E-state index is 0.221. The molecule has 0 saturated heterocycles. The Morgan fingerprint density at radius 2 is 1.06 bits per heavy atom. The van der Waals surface area contributed by atoms with Gasteiger partial charge in [-0.3, -0.25) is 0 Å². The van der Waals surface area contributed by atoms with E-state index >= 15 is 0 Å². The van der Waals surface area contributed by atoms with Gasteiger partial charge in [0.25, 0.3) is 0 Å². The van der Waals surface area contributed by atoms with Gasteiger partial charge in [0, 0.05) is 64.3 Å². The maximum atomic E-state index is 3.78. The fourth-order valence-corrected chi connectivity index (χ4v) is 8.76. The summed E-state index contributed by atoms with van der Waals surface area (Å²) < 4.78 is 0. The smallest absolute Gasteiger partial charge is 0.0736 e. The highest BCUT2D eigenvalue weighted by Crippen LogP contribution is 2.41. The molecule has 0 bridgehead atoms. The summed E-state index contributed by atoms with van der Waals surface area (Å²) in [6.07, 6.45) is 27.4. The first-order valence-corrected chi connectivity index (χ1v) is 22.7. The molecule has 0 radical (unpaired) electrons. The van der Waals surface area contributed by atoms with Crippen LogP contribution in [0.3, 0.4) is 0 Å². The SMILES string of the molecule is C=C/C=C\C=C/CN(c1ccccc1)c1ccc(N(c2ccccc2)c2ccc(-c3cccc(N(c4ccccc4)c4ccc(N5CC(/C=C\C=C/C)=C6C=CC=CC65)cc4)c3)cc2)cc1. The molecular formula is C62H54N4. The normalized spacial score (nSPS) is 14.5. The molecule has 0 N–H and O–H groups in total. The summed E-state index contributed by atoms with van der Waals surface area (Å²) in [6, 6.07) is 67.7. The minimum Gasteiger partial charge on any atom is -0.357 e. The topological polar surface area (TPSA) is 13.0 Å². The molecule has 7 aromatic carbocycles. The second-order valence-corrected chi connectivity index (χ2v) is 16.1. The van der Waals surface area contributed by atoms with Crippen LogP contribution in [0.15, 0.2) is 285 Å². The molecule has 1 aliphatic heterocycles. The number of hydrogen-bond donors (Lipinski definition) is 0. The lowest BCUT2D eigenvalue weighted by Gasteiger charge is -2.29. The molecule has 1 aliphatic carbocycles. The number of allylic oxidation sites excluding steroid dienone is 9. The molecule has 9 rings (SSSR count). The third kappa shape index (κ3) is 9.74. The van der Waals surface area contributed by atoms with Crippen molar-refractivity contribution in [2.24, 2.45) is 0 Å². The van der Waals surface area contributed by atoms with Crippen LogP contribution >= 0.6 is 0 Å². The highest BCUT2D eigenvalue weighted by molar-refractivity contribution is 5.83. The van der Waals surface area contributed by atoms with Crippen LogP contribution in [0, 0.1) is 0 Å². The molecule has 0 fully saturated rings. The third-order valence-corrected chi connectivity index (χ3v) is 11.9. The van der Waals surface area contributed by atoms with E-state index in [0.29, 0.717) is 0 Å². The van der Waals surface area contributed by atoms with Gasteiger partial charge in [0.15, 0.2) is 0 Å². The van der Waals surface area contributed by atoms with Gasteiger partial charge in [0.2, 0.25) is 0 Å². The molecule has 66 heavy (non-hydrogen) atoms. The number of fused-ring (bicyclic) bond motifs is 1. The fourth-order valence-electron chi connectivity index (χ4n) is 8.76. The second-order valence-electron chi connectivity index (χ2n) is 16.1. The van der Waals surface area contributed by atoms with E-state index in [4.69, 9.17) is 0 Å². The van der Waals surface area contributed by atoms with E-state index in [-0.39, 0.29) is 6.04 Å². The van der Waals surface area contributed by atoms with Crippen LogP contribution in [0.25, 0.3) is 11.1 Å². The fraction of sp³-hybridized carbons (Fsp3) is 0.0645. The highest BCUT2D eigenvalue weighted by atomic mass is 15.2. The van der Waals surface area contributed by atoms with E-state index in [1.807, 2.05) is 12.2 Å². The average Bonchev–Trinajstić information content (AvgIpc) is 3.75. The van der Waals surface area contributed by atoms with Crippen LogP contribution in [0.4, 0.5) is 51.2 Å². The summed E-state index contributed by atoms with van der Waals surface area (Å²) in [7, 11) is 0. The largest absolute Gasteiger partial charge is 0.357 e. The Morgan fingerprint density at radius 1 is 0.515 bits per heavy atom. The number of para-hydroxylation sites is 3. The molecular weight excluding hydrogens is 801 g/mol. The number of benzene rings is 7. The van der Waals surface area contributed by atoms with Crippen molar-refractivity contribution in [1.82, 2.24) is 0 Å². The Balaban J connectivity index is 0.988. The number of hydrogen-bond acceptors (Lipinski definition) is 4. The summed E-state index contributed by atoms with van der Waals surface area (Å²) in [6.45, 7) is 7.43. The van der Waals surface area contributed by atoms with E-state index in [0.717, 1.165) is 69.7 Å². The molecule has 0 aromatic heterocycles. The van der Waals surface area contributed by atoms with Gasteiger partial charge < -0.3 is 19.6 Å². The van der Waals surface area contributed by atoms with Gasteiger partial charge >= 0.3 is 0 Å². The summed E-state index contributed by atoms with van der Waals surface area (Å²) in [5.74, 6) is 0. The van der Waals surface area contributed by atoms with E-state index in [1.165, 1.54) is 16.8 Å². The highest BCUT2D eigenvalue weighted by Gasteiger charge is 2.30. The Bertz CT molecular complexity index is 2920. The van der Waals surface area contributed by atoms with Gasteiger partial charge in [-0.05, 0) is 138 Å². The monoisotopic (exact) mass is 854 g/mol. The molecule has 0 saturated carbocycles. The predicted octanol–water partition coefficient (Wildman–Crippen LogP) is 16.5. The summed E-state index contributed by atoms with van der Waals surface area (Å²) in [5, 5.41) is 0. The molecule has 0 spiro atoms. The van der Waals surface area contributed by atoms with Gasteiger partial charge in [-0.2, -0.15) is 0 Å². The van der Waals surface area contributed by atoms with Crippen LogP contribution in [0.2, 0.25) is 0 Å². The Morgan fingerprint density at radius 3 is 1.70 bits per heavy atom. The van der Waals surface area contributed by atoms with Crippen molar-refractivity contribution >= 4 is 51.2 Å². The van der Waals surface area contributed by atoms with Crippen LogP contribution in [-0.2, 0) is 0 Å². The Hall–Kier alpha value is -8.34. The first kappa shape index (κ1) is 42.9. The zero-order chi connectivity index (χ0) is 44.9. The molecule has 1 unspecified atom stereocenters. The van der Waals surface area contributed by atoms with Gasteiger partial charge in [0.1, 0.15) is 0 Å². The standard InChI is InChI=1S/C62H54N4/c1-3-5-7-8-21-46-63(52-25-13-9-14-26-52)53-38-42-58(43-39-53)65(55-27-15-10-16-28-55)57-36-34-49(35-37-57)50-24-22-31-60(47-50)66(56-29-17-11-18-30-56)59-44-40-54(41-45-59)64-48-51(23-12-6-4-2)61-32-19-20-33-62(61)64/h3-45,47,62H,1,46,48H2,2H3/b6-4-,7-5-,21-8-,23-12-. The zero-order valence-electron chi connectivity index (χ0n) is 37.4. The maximum Gasteiger partial charge on any atom is 0.0736 e. The minimum absolute atomic E-state index is 0.221. The van der Waals surface area contributed by atoms with Gasteiger partial charge in [0.05, 0.1) is 6.04 Å². The molecule has 322 valence electrons. The summed E-state index contributed by atoms with van der Waals surface area (Å²) in [4.78, 5) is 9.48. The molecule has 4 nitrogen and oxygen atoms in total. The average molecular weight is 855 g/mol. The quantitative estimate of drug-likeness (QED) is 0.0898. The number of anilines is 9. The van der Waals surface area contributed by atoms with Crippen molar-refractivity contribution in [2.45, 2.75) is 13.0 Å². The van der Waals surface area contributed by atoms with Crippen molar-refractivity contribution in [1.29, 1.82) is 0 Å². The van der Waals surface area contributed by atoms with Crippen molar-refractivity contribution in [2.75, 3.05) is 32.7 Å². The lowest BCUT2D eigenvalue weighted by Crippen LogP contribution is -2.30. The molecule has 1 heterocycles. The second kappa shape index (κ2) is 20.9. The van der Waals surface area contributed by atoms with Crippen molar-refractivity contribution in [3.63, 3.8) is 0 Å². The van der Waals surface area contributed by atoms with E-state index in [1.54, 1.807) is 6.08 Å². The molecule has 7 aromatic rings. The van der Waals surface area contributed by atoms with Crippen LogP contribution < -0.4 is 19.6 Å². The predicted molar refractivity (Wildman–Crippen MR) is 284 cm³/mol. The van der Waals surface area contributed by atoms with Crippen LogP contribution in [-0.4, -0.2) is 19.1 Å².